The van der Waals surface area contributed by atoms with Gasteiger partial charge >= 0.3 is 0 Å². The topological polar surface area (TPSA) is 47.0 Å². The third-order valence-corrected chi connectivity index (χ3v) is 3.27. The molecule has 0 amide bonds. The van der Waals surface area contributed by atoms with Gasteiger partial charge in [0.25, 0.3) is 0 Å². The van der Waals surface area contributed by atoms with Crippen molar-refractivity contribution in [3.05, 3.63) is 54.4 Å². The number of benzene rings is 2. The second kappa shape index (κ2) is 5.79. The number of hydrogen-bond donors (Lipinski definition) is 1. The Morgan fingerprint density at radius 1 is 1.10 bits per heavy atom. The molecule has 21 heavy (non-hydrogen) atoms. The van der Waals surface area contributed by atoms with Gasteiger partial charge in [0, 0.05) is 17.1 Å². The second-order valence-electron chi connectivity index (χ2n) is 4.78. The van der Waals surface area contributed by atoms with Crippen molar-refractivity contribution in [1.29, 1.82) is 0 Å². The third-order valence-electron chi connectivity index (χ3n) is 3.27. The van der Waals surface area contributed by atoms with Gasteiger partial charge in [0.1, 0.15) is 17.9 Å². The zero-order valence-corrected chi connectivity index (χ0v) is 12.1. The molecule has 0 radical (unpaired) electrons. The summed E-state index contributed by atoms with van der Waals surface area (Å²) >= 11 is 0. The second-order valence-corrected chi connectivity index (χ2v) is 4.78. The number of fused-ring (bicyclic) bond motifs is 1. The van der Waals surface area contributed by atoms with Gasteiger partial charge in [0.05, 0.1) is 12.1 Å². The van der Waals surface area contributed by atoms with Crippen LogP contribution >= 0.6 is 0 Å². The van der Waals surface area contributed by atoms with Crippen LogP contribution in [0.15, 0.2) is 48.8 Å². The van der Waals surface area contributed by atoms with Crippen LogP contribution in [0.25, 0.3) is 10.9 Å². The lowest BCUT2D eigenvalue weighted by Gasteiger charge is -2.11. The molecule has 1 aromatic heterocycles. The van der Waals surface area contributed by atoms with Crippen LogP contribution < -0.4 is 10.1 Å². The van der Waals surface area contributed by atoms with E-state index in [2.05, 4.69) is 21.4 Å². The Balaban J connectivity index is 2.05. The number of nitrogens with zero attached hydrogens (tertiary/aromatic N) is 2. The number of aromatic nitrogens is 2. The smallest absolute Gasteiger partial charge is 0.141 e. The number of para-hydroxylation sites is 1. The number of aryl methyl sites for hydroxylation is 1. The van der Waals surface area contributed by atoms with Crippen LogP contribution in [0.4, 0.5) is 11.5 Å². The Hall–Kier alpha value is -2.62. The van der Waals surface area contributed by atoms with E-state index in [-0.39, 0.29) is 0 Å². The molecule has 0 saturated heterocycles. The predicted molar refractivity (Wildman–Crippen MR) is 85.2 cm³/mol. The lowest BCUT2D eigenvalue weighted by atomic mass is 10.1. The van der Waals surface area contributed by atoms with E-state index in [0.29, 0.717) is 6.61 Å². The molecule has 4 heteroatoms. The maximum absolute atomic E-state index is 5.62. The largest absolute Gasteiger partial charge is 0.494 e. The minimum absolute atomic E-state index is 0.645. The van der Waals surface area contributed by atoms with Gasteiger partial charge in [-0.15, -0.1) is 0 Å². The summed E-state index contributed by atoms with van der Waals surface area (Å²) in [4.78, 5) is 8.69. The predicted octanol–water partition coefficient (Wildman–Crippen LogP) is 4.08. The Kier molecular flexibility index (Phi) is 3.69. The van der Waals surface area contributed by atoms with Crippen LogP contribution in [0, 0.1) is 6.92 Å². The summed E-state index contributed by atoms with van der Waals surface area (Å²) in [5, 5.41) is 4.32. The SMILES string of the molecule is CCOc1cc2ncnc(Nc3ccccc3)c2cc1C. The molecule has 4 nitrogen and oxygen atoms in total. The van der Waals surface area contributed by atoms with Gasteiger partial charge in [-0.2, -0.15) is 0 Å². The lowest BCUT2D eigenvalue weighted by Crippen LogP contribution is -1.98. The van der Waals surface area contributed by atoms with E-state index in [1.807, 2.05) is 50.2 Å². The Bertz CT molecular complexity index is 757. The molecule has 0 atom stereocenters. The fraction of sp³-hybridized carbons (Fsp3) is 0.176. The van der Waals surface area contributed by atoms with Crippen LogP contribution in [-0.4, -0.2) is 16.6 Å². The standard InChI is InChI=1S/C17H17N3O/c1-3-21-16-10-15-14(9-12(16)2)17(19-11-18-15)20-13-7-5-4-6-8-13/h4-11H,3H2,1-2H3,(H,18,19,20). The Labute approximate surface area is 123 Å². The summed E-state index contributed by atoms with van der Waals surface area (Å²) in [5.41, 5.74) is 2.96. The highest BCUT2D eigenvalue weighted by molar-refractivity contribution is 5.92. The number of rotatable bonds is 4. The number of anilines is 2. The van der Waals surface area contributed by atoms with E-state index < -0.39 is 0 Å². The molecular weight excluding hydrogens is 262 g/mol. The molecule has 0 fully saturated rings. The third kappa shape index (κ3) is 2.79. The van der Waals surface area contributed by atoms with Gasteiger partial charge < -0.3 is 10.1 Å². The normalized spacial score (nSPS) is 10.6. The van der Waals surface area contributed by atoms with Crippen molar-refractivity contribution in [2.75, 3.05) is 11.9 Å². The van der Waals surface area contributed by atoms with Gasteiger partial charge in [0.15, 0.2) is 0 Å². The van der Waals surface area contributed by atoms with E-state index in [0.717, 1.165) is 33.7 Å². The molecule has 0 aliphatic heterocycles. The minimum atomic E-state index is 0.645. The average molecular weight is 279 g/mol. The maximum Gasteiger partial charge on any atom is 0.141 e. The molecule has 0 aliphatic carbocycles. The lowest BCUT2D eigenvalue weighted by molar-refractivity contribution is 0.338. The Morgan fingerprint density at radius 3 is 2.67 bits per heavy atom. The van der Waals surface area contributed by atoms with Gasteiger partial charge in [-0.05, 0) is 37.6 Å². The van der Waals surface area contributed by atoms with Crippen molar-refractivity contribution in [3.63, 3.8) is 0 Å². The molecule has 0 spiro atoms. The maximum atomic E-state index is 5.62. The highest BCUT2D eigenvalue weighted by atomic mass is 16.5. The molecule has 0 unspecified atom stereocenters. The van der Waals surface area contributed by atoms with E-state index in [9.17, 15) is 0 Å². The van der Waals surface area contributed by atoms with E-state index >= 15 is 0 Å². The molecule has 0 bridgehead atoms. The van der Waals surface area contributed by atoms with Gasteiger partial charge in [-0.1, -0.05) is 18.2 Å². The highest BCUT2D eigenvalue weighted by Crippen LogP contribution is 2.29. The van der Waals surface area contributed by atoms with Gasteiger partial charge in [-0.3, -0.25) is 0 Å². The summed E-state index contributed by atoms with van der Waals surface area (Å²) in [7, 11) is 0. The van der Waals surface area contributed by atoms with Crippen molar-refractivity contribution in [3.8, 4) is 5.75 Å². The minimum Gasteiger partial charge on any atom is -0.494 e. The summed E-state index contributed by atoms with van der Waals surface area (Å²) in [6.45, 7) is 4.66. The quantitative estimate of drug-likeness (QED) is 0.781. The first-order valence-corrected chi connectivity index (χ1v) is 6.98. The van der Waals surface area contributed by atoms with Crippen molar-refractivity contribution >= 4 is 22.4 Å². The Morgan fingerprint density at radius 2 is 1.90 bits per heavy atom. The molecule has 3 aromatic rings. The van der Waals surface area contributed by atoms with Crippen molar-refractivity contribution in [2.24, 2.45) is 0 Å². The molecular formula is C17H17N3O. The number of ether oxygens (including phenoxy) is 1. The zero-order chi connectivity index (χ0) is 14.7. The summed E-state index contributed by atoms with van der Waals surface area (Å²) in [6.07, 6.45) is 1.57. The summed E-state index contributed by atoms with van der Waals surface area (Å²) < 4.78 is 5.62. The van der Waals surface area contributed by atoms with Crippen LogP contribution in [-0.2, 0) is 0 Å². The summed E-state index contributed by atoms with van der Waals surface area (Å²) in [5.74, 6) is 1.67. The van der Waals surface area contributed by atoms with E-state index in [4.69, 9.17) is 4.74 Å². The van der Waals surface area contributed by atoms with Crippen molar-refractivity contribution in [1.82, 2.24) is 9.97 Å². The molecule has 1 N–H and O–H groups in total. The first kappa shape index (κ1) is 13.4. The highest BCUT2D eigenvalue weighted by Gasteiger charge is 2.08. The van der Waals surface area contributed by atoms with Gasteiger partial charge in [0.2, 0.25) is 0 Å². The fourth-order valence-corrected chi connectivity index (χ4v) is 2.26. The van der Waals surface area contributed by atoms with E-state index in [1.54, 1.807) is 6.33 Å². The monoisotopic (exact) mass is 279 g/mol. The number of nitrogens with one attached hydrogen (secondary N) is 1. The van der Waals surface area contributed by atoms with Crippen molar-refractivity contribution < 1.29 is 4.74 Å². The number of hydrogen-bond acceptors (Lipinski definition) is 4. The molecule has 3 rings (SSSR count). The van der Waals surface area contributed by atoms with Gasteiger partial charge in [-0.25, -0.2) is 9.97 Å². The molecule has 0 saturated carbocycles. The van der Waals surface area contributed by atoms with Crippen LogP contribution in [0.5, 0.6) is 5.75 Å². The van der Waals surface area contributed by atoms with Crippen LogP contribution in [0.1, 0.15) is 12.5 Å². The van der Waals surface area contributed by atoms with E-state index in [1.165, 1.54) is 0 Å². The zero-order valence-electron chi connectivity index (χ0n) is 12.1. The van der Waals surface area contributed by atoms with Crippen LogP contribution in [0.3, 0.4) is 0 Å². The summed E-state index contributed by atoms with van der Waals surface area (Å²) in [6, 6.07) is 14.0. The first-order chi connectivity index (χ1) is 10.3. The fourth-order valence-electron chi connectivity index (χ4n) is 2.26. The molecule has 1 heterocycles. The molecule has 2 aromatic carbocycles. The van der Waals surface area contributed by atoms with Crippen molar-refractivity contribution in [2.45, 2.75) is 13.8 Å². The molecule has 106 valence electrons. The van der Waals surface area contributed by atoms with Crippen LogP contribution in [0.2, 0.25) is 0 Å². The average Bonchev–Trinajstić information content (AvgIpc) is 2.50. The molecule has 0 aliphatic rings. The first-order valence-electron chi connectivity index (χ1n) is 6.98.